The van der Waals surface area contributed by atoms with Gasteiger partial charge in [-0.2, -0.15) is 0 Å². The van der Waals surface area contributed by atoms with Crippen molar-refractivity contribution in [2.75, 3.05) is 6.54 Å². The third kappa shape index (κ3) is 2.67. The maximum Gasteiger partial charge on any atom is 0.203 e. The number of hydrogen-bond acceptors (Lipinski definition) is 2. The molecule has 3 heteroatoms. The highest BCUT2D eigenvalue weighted by Crippen LogP contribution is 2.40. The second kappa shape index (κ2) is 4.60. The first-order valence-electron chi connectivity index (χ1n) is 5.76. The molecule has 0 spiro atoms. The molecule has 0 aromatic carbocycles. The molecule has 0 aromatic rings. The Bertz CT molecular complexity index is 307. The second-order valence-corrected chi connectivity index (χ2v) is 4.50. The van der Waals surface area contributed by atoms with E-state index in [1.165, 1.54) is 6.42 Å². The van der Waals surface area contributed by atoms with E-state index in [4.69, 9.17) is 0 Å². The number of nitro groups is 1. The van der Waals surface area contributed by atoms with Crippen molar-refractivity contribution in [2.24, 2.45) is 11.8 Å². The van der Waals surface area contributed by atoms with Crippen LogP contribution in [0.5, 0.6) is 0 Å². The quantitative estimate of drug-likeness (QED) is 0.291. The fourth-order valence-corrected chi connectivity index (χ4v) is 2.54. The molecule has 2 aliphatic rings. The van der Waals surface area contributed by atoms with E-state index >= 15 is 0 Å². The zero-order valence-corrected chi connectivity index (χ0v) is 8.89. The third-order valence-corrected chi connectivity index (χ3v) is 3.33. The molecule has 2 atom stereocenters. The van der Waals surface area contributed by atoms with E-state index in [-0.39, 0.29) is 11.5 Å². The molecule has 15 heavy (non-hydrogen) atoms. The zero-order valence-electron chi connectivity index (χ0n) is 8.89. The number of fused-ring (bicyclic) bond motifs is 2. The number of unbranched alkanes of at least 4 members (excludes halogenated alkanes) is 2. The second-order valence-electron chi connectivity index (χ2n) is 4.50. The lowest BCUT2D eigenvalue weighted by molar-refractivity contribution is -0.480. The van der Waals surface area contributed by atoms with Gasteiger partial charge in [0, 0.05) is 11.3 Å². The van der Waals surface area contributed by atoms with E-state index in [2.05, 4.69) is 18.2 Å². The Hall–Kier alpha value is -1.12. The van der Waals surface area contributed by atoms with Crippen molar-refractivity contribution in [2.45, 2.75) is 32.1 Å². The van der Waals surface area contributed by atoms with Crippen LogP contribution in [0.2, 0.25) is 0 Å². The van der Waals surface area contributed by atoms with Gasteiger partial charge in [0.25, 0.3) is 0 Å². The lowest BCUT2D eigenvalue weighted by Gasteiger charge is -2.08. The first kappa shape index (κ1) is 10.4. The van der Waals surface area contributed by atoms with Gasteiger partial charge >= 0.3 is 0 Å². The minimum absolute atomic E-state index is 0.130. The molecule has 0 radical (unpaired) electrons. The molecule has 2 bridgehead atoms. The molecule has 0 saturated carbocycles. The predicted octanol–water partition coefficient (Wildman–Crippen LogP) is 2.96. The van der Waals surface area contributed by atoms with Gasteiger partial charge < -0.3 is 0 Å². The van der Waals surface area contributed by atoms with Crippen molar-refractivity contribution in [3.8, 4) is 0 Å². The molecule has 0 heterocycles. The SMILES string of the molecule is O=[N+]([O-])CCCCCC1=CC2C=CC1C2. The van der Waals surface area contributed by atoms with Gasteiger partial charge in [-0.25, -0.2) is 0 Å². The predicted molar refractivity (Wildman–Crippen MR) is 59.1 cm³/mol. The highest BCUT2D eigenvalue weighted by molar-refractivity contribution is 5.29. The minimum atomic E-state index is -0.223. The van der Waals surface area contributed by atoms with E-state index in [1.807, 2.05) is 0 Å². The summed E-state index contributed by atoms with van der Waals surface area (Å²) in [6.07, 6.45) is 12.2. The van der Waals surface area contributed by atoms with Gasteiger partial charge in [0.1, 0.15) is 0 Å². The fourth-order valence-electron chi connectivity index (χ4n) is 2.54. The van der Waals surface area contributed by atoms with Crippen LogP contribution >= 0.6 is 0 Å². The lowest BCUT2D eigenvalue weighted by Crippen LogP contribution is -2.00. The number of allylic oxidation sites excluding steroid dienone is 4. The van der Waals surface area contributed by atoms with Crippen molar-refractivity contribution in [1.82, 2.24) is 0 Å². The van der Waals surface area contributed by atoms with E-state index in [0.29, 0.717) is 11.8 Å². The summed E-state index contributed by atoms with van der Waals surface area (Å²) in [6, 6.07) is 0. The maximum atomic E-state index is 10.1. The van der Waals surface area contributed by atoms with Crippen molar-refractivity contribution in [1.29, 1.82) is 0 Å². The molecular formula is C12H17NO2. The Balaban J connectivity index is 1.59. The molecule has 3 nitrogen and oxygen atoms in total. The van der Waals surface area contributed by atoms with Crippen LogP contribution in [0.4, 0.5) is 0 Å². The van der Waals surface area contributed by atoms with Crippen LogP contribution in [0, 0.1) is 22.0 Å². The molecule has 2 unspecified atom stereocenters. The summed E-state index contributed by atoms with van der Waals surface area (Å²) < 4.78 is 0. The first-order valence-corrected chi connectivity index (χ1v) is 5.76. The molecule has 0 amide bonds. The van der Waals surface area contributed by atoms with Gasteiger partial charge in [-0.1, -0.05) is 23.8 Å². The average Bonchev–Trinajstić information content (AvgIpc) is 2.78. The fraction of sp³-hybridized carbons (Fsp3) is 0.667. The Morgan fingerprint density at radius 3 is 2.80 bits per heavy atom. The van der Waals surface area contributed by atoms with Crippen LogP contribution < -0.4 is 0 Å². The average molecular weight is 207 g/mol. The van der Waals surface area contributed by atoms with Gasteiger partial charge in [0.05, 0.1) is 0 Å². The Morgan fingerprint density at radius 1 is 1.33 bits per heavy atom. The maximum absolute atomic E-state index is 10.1. The molecule has 0 fully saturated rings. The van der Waals surface area contributed by atoms with Gasteiger partial charge in [-0.3, -0.25) is 10.1 Å². The zero-order chi connectivity index (χ0) is 10.7. The Labute approximate surface area is 90.0 Å². The molecule has 0 saturated heterocycles. The normalized spacial score (nSPS) is 27.1. The van der Waals surface area contributed by atoms with Crippen LogP contribution in [0.1, 0.15) is 32.1 Å². The highest BCUT2D eigenvalue weighted by Gasteiger charge is 2.26. The van der Waals surface area contributed by atoms with Gasteiger partial charge in [-0.15, -0.1) is 0 Å². The monoisotopic (exact) mass is 207 g/mol. The summed E-state index contributed by atoms with van der Waals surface area (Å²) >= 11 is 0. The van der Waals surface area contributed by atoms with E-state index < -0.39 is 0 Å². The Morgan fingerprint density at radius 2 is 2.20 bits per heavy atom. The topological polar surface area (TPSA) is 43.1 Å². The summed E-state index contributed by atoms with van der Waals surface area (Å²) in [5.41, 5.74) is 1.57. The standard InChI is InChI=1S/C12H17NO2/c14-13(15)7-3-1-2-4-11-8-10-5-6-12(11)9-10/h5-6,8,10,12H,1-4,7,9H2. The molecule has 82 valence electrons. The van der Waals surface area contributed by atoms with E-state index in [1.54, 1.807) is 5.57 Å². The molecule has 0 aromatic heterocycles. The van der Waals surface area contributed by atoms with Crippen molar-refractivity contribution in [3.63, 3.8) is 0 Å². The molecule has 0 aliphatic heterocycles. The van der Waals surface area contributed by atoms with Gasteiger partial charge in [0.15, 0.2) is 0 Å². The molecule has 2 aliphatic carbocycles. The molecule has 0 N–H and O–H groups in total. The molecular weight excluding hydrogens is 190 g/mol. The summed E-state index contributed by atoms with van der Waals surface area (Å²) in [4.78, 5) is 9.89. The van der Waals surface area contributed by atoms with Crippen LogP contribution in [0.15, 0.2) is 23.8 Å². The smallest absolute Gasteiger partial charge is 0.203 e. The van der Waals surface area contributed by atoms with Crippen molar-refractivity contribution < 1.29 is 4.92 Å². The largest absolute Gasteiger partial charge is 0.265 e. The van der Waals surface area contributed by atoms with E-state index in [9.17, 15) is 10.1 Å². The number of hydrogen-bond donors (Lipinski definition) is 0. The molecule has 2 rings (SSSR count). The summed E-state index contributed by atoms with van der Waals surface area (Å²) in [7, 11) is 0. The van der Waals surface area contributed by atoms with Crippen molar-refractivity contribution in [3.05, 3.63) is 33.9 Å². The minimum Gasteiger partial charge on any atom is -0.265 e. The van der Waals surface area contributed by atoms with Crippen molar-refractivity contribution >= 4 is 0 Å². The van der Waals surface area contributed by atoms with E-state index in [0.717, 1.165) is 25.7 Å². The Kier molecular flexibility index (Phi) is 3.19. The summed E-state index contributed by atoms with van der Waals surface area (Å²) in [5, 5.41) is 10.1. The van der Waals surface area contributed by atoms with Crippen LogP contribution in [-0.4, -0.2) is 11.5 Å². The van der Waals surface area contributed by atoms with Crippen LogP contribution in [-0.2, 0) is 0 Å². The highest BCUT2D eigenvalue weighted by atomic mass is 16.6. The number of rotatable bonds is 6. The first-order chi connectivity index (χ1) is 7.25. The van der Waals surface area contributed by atoms with Crippen LogP contribution in [0.25, 0.3) is 0 Å². The summed E-state index contributed by atoms with van der Waals surface area (Å²) in [6.45, 7) is 0.130. The lowest BCUT2D eigenvalue weighted by atomic mass is 9.97. The van der Waals surface area contributed by atoms with Gasteiger partial charge in [0.2, 0.25) is 6.54 Å². The van der Waals surface area contributed by atoms with Crippen LogP contribution in [0.3, 0.4) is 0 Å². The number of nitrogens with zero attached hydrogens (tertiary/aromatic N) is 1. The summed E-state index contributed by atoms with van der Waals surface area (Å²) in [5.74, 6) is 1.40. The third-order valence-electron chi connectivity index (χ3n) is 3.33. The van der Waals surface area contributed by atoms with Gasteiger partial charge in [-0.05, 0) is 37.5 Å².